The molecule has 2 rings (SSSR count). The monoisotopic (exact) mass is 351 g/mol. The Hall–Kier alpha value is -0.500. The number of benzene rings is 1. The van der Waals surface area contributed by atoms with Gasteiger partial charge in [-0.15, -0.1) is 0 Å². The fourth-order valence-electron chi connectivity index (χ4n) is 2.28. The van der Waals surface area contributed by atoms with Gasteiger partial charge in [0.15, 0.2) is 0 Å². The van der Waals surface area contributed by atoms with Crippen LogP contribution in [-0.4, -0.2) is 37.0 Å². The first-order chi connectivity index (χ1) is 8.96. The van der Waals surface area contributed by atoms with Crippen molar-refractivity contribution in [2.75, 3.05) is 13.2 Å². The molecule has 19 heavy (non-hydrogen) atoms. The Kier molecular flexibility index (Phi) is 4.60. The zero-order chi connectivity index (χ0) is 14.0. The summed E-state index contributed by atoms with van der Waals surface area (Å²) in [6.45, 7) is 0.0838. The highest BCUT2D eigenvalue weighted by atomic mass is 79.9. The van der Waals surface area contributed by atoms with Crippen LogP contribution in [0.2, 0.25) is 0 Å². The number of aliphatic hydroxyl groups excluding tert-OH is 1. The summed E-state index contributed by atoms with van der Waals surface area (Å²) in [5, 5.41) is 9.28. The van der Waals surface area contributed by atoms with Gasteiger partial charge in [0.05, 0.1) is 6.61 Å². The fourth-order valence-corrected chi connectivity index (χ4v) is 4.35. The van der Waals surface area contributed by atoms with Crippen LogP contribution >= 0.6 is 15.9 Å². The largest absolute Gasteiger partial charge is 0.395 e. The Morgan fingerprint density at radius 3 is 2.79 bits per heavy atom. The Balaban J connectivity index is 2.40. The van der Waals surface area contributed by atoms with E-state index >= 15 is 0 Å². The van der Waals surface area contributed by atoms with Gasteiger partial charge < -0.3 is 5.11 Å². The molecule has 0 aromatic heterocycles. The molecule has 1 heterocycles. The number of hydrogen-bond acceptors (Lipinski definition) is 3. The summed E-state index contributed by atoms with van der Waals surface area (Å²) in [5.74, 6) is -0.781. The third kappa shape index (κ3) is 2.99. The Morgan fingerprint density at radius 1 is 1.42 bits per heavy atom. The van der Waals surface area contributed by atoms with Crippen LogP contribution in [-0.2, 0) is 10.0 Å². The summed E-state index contributed by atoms with van der Waals surface area (Å²) in [6.07, 6.45) is 2.21. The van der Waals surface area contributed by atoms with E-state index in [0.29, 0.717) is 17.4 Å². The number of nitrogens with zero attached hydrogens (tertiary/aromatic N) is 1. The maximum absolute atomic E-state index is 13.8. The second-order valence-electron chi connectivity index (χ2n) is 4.52. The van der Waals surface area contributed by atoms with Gasteiger partial charge in [0, 0.05) is 17.1 Å². The fraction of sp³-hybridized carbons (Fsp3) is 0.500. The van der Waals surface area contributed by atoms with Crippen LogP contribution in [0.15, 0.2) is 27.6 Å². The molecule has 1 fully saturated rings. The number of halogens is 2. The van der Waals surface area contributed by atoms with Gasteiger partial charge in [0.1, 0.15) is 10.7 Å². The molecule has 7 heteroatoms. The maximum Gasteiger partial charge on any atom is 0.246 e. The summed E-state index contributed by atoms with van der Waals surface area (Å²) in [7, 11) is -3.89. The first-order valence-corrected chi connectivity index (χ1v) is 8.28. The lowest BCUT2D eigenvalue weighted by molar-refractivity contribution is 0.155. The van der Waals surface area contributed by atoms with E-state index in [1.165, 1.54) is 16.4 Å². The number of aliphatic hydroxyl groups is 1. The summed E-state index contributed by atoms with van der Waals surface area (Å²) in [5.41, 5.74) is 0. The number of piperidine rings is 1. The average molecular weight is 352 g/mol. The van der Waals surface area contributed by atoms with Crippen molar-refractivity contribution < 1.29 is 17.9 Å². The molecule has 106 valence electrons. The van der Waals surface area contributed by atoms with Gasteiger partial charge in [-0.2, -0.15) is 4.31 Å². The summed E-state index contributed by atoms with van der Waals surface area (Å²) in [4.78, 5) is -0.337. The van der Waals surface area contributed by atoms with E-state index in [9.17, 15) is 17.9 Å². The van der Waals surface area contributed by atoms with Crippen molar-refractivity contribution in [2.24, 2.45) is 0 Å². The van der Waals surface area contributed by atoms with Crippen molar-refractivity contribution in [1.29, 1.82) is 0 Å². The molecule has 1 aliphatic rings. The standard InChI is InChI=1S/C12H15BrFNO3S/c13-9-4-5-12(11(14)7-9)19(17,18)15-6-2-1-3-10(15)8-16/h4-5,7,10,16H,1-3,6,8H2. The molecule has 1 N–H and O–H groups in total. The molecule has 0 bridgehead atoms. The smallest absolute Gasteiger partial charge is 0.246 e. The van der Waals surface area contributed by atoms with Gasteiger partial charge in [0.25, 0.3) is 0 Å². The van der Waals surface area contributed by atoms with E-state index in [4.69, 9.17) is 0 Å². The normalized spacial score (nSPS) is 21.5. The van der Waals surface area contributed by atoms with Crippen molar-refractivity contribution in [3.05, 3.63) is 28.5 Å². The van der Waals surface area contributed by atoms with E-state index in [0.717, 1.165) is 18.9 Å². The van der Waals surface area contributed by atoms with Gasteiger partial charge in [0.2, 0.25) is 10.0 Å². The van der Waals surface area contributed by atoms with Gasteiger partial charge in [-0.25, -0.2) is 12.8 Å². The minimum atomic E-state index is -3.89. The second kappa shape index (κ2) is 5.87. The summed E-state index contributed by atoms with van der Waals surface area (Å²) >= 11 is 3.10. The molecule has 1 atom stereocenters. The van der Waals surface area contributed by atoms with E-state index in [1.807, 2.05) is 0 Å². The lowest BCUT2D eigenvalue weighted by Gasteiger charge is -2.33. The molecule has 0 radical (unpaired) electrons. The average Bonchev–Trinajstić information content (AvgIpc) is 2.38. The molecule has 1 aliphatic heterocycles. The zero-order valence-electron chi connectivity index (χ0n) is 10.2. The predicted octanol–water partition coefficient (Wildman–Crippen LogP) is 2.12. The van der Waals surface area contributed by atoms with E-state index in [2.05, 4.69) is 15.9 Å². The van der Waals surface area contributed by atoms with Gasteiger partial charge >= 0.3 is 0 Å². The molecule has 1 aromatic rings. The minimum absolute atomic E-state index is 0.239. The number of sulfonamides is 1. The Labute approximate surface area is 120 Å². The lowest BCUT2D eigenvalue weighted by atomic mass is 10.1. The molecule has 0 aliphatic carbocycles. The van der Waals surface area contributed by atoms with Crippen molar-refractivity contribution in [3.63, 3.8) is 0 Å². The molecule has 1 unspecified atom stereocenters. The van der Waals surface area contributed by atoms with Crippen LogP contribution < -0.4 is 0 Å². The predicted molar refractivity (Wildman–Crippen MR) is 72.7 cm³/mol. The van der Waals surface area contributed by atoms with Crippen molar-refractivity contribution in [3.8, 4) is 0 Å². The highest BCUT2D eigenvalue weighted by Gasteiger charge is 2.34. The highest BCUT2D eigenvalue weighted by Crippen LogP contribution is 2.27. The van der Waals surface area contributed by atoms with Crippen molar-refractivity contribution >= 4 is 26.0 Å². The quantitative estimate of drug-likeness (QED) is 0.907. The van der Waals surface area contributed by atoms with Crippen LogP contribution in [0.5, 0.6) is 0 Å². The van der Waals surface area contributed by atoms with Gasteiger partial charge in [-0.3, -0.25) is 0 Å². The number of hydrogen-bond donors (Lipinski definition) is 1. The SMILES string of the molecule is O=S(=O)(c1ccc(Br)cc1F)N1CCCCC1CO. The van der Waals surface area contributed by atoms with Crippen LogP contribution in [0.4, 0.5) is 4.39 Å². The zero-order valence-corrected chi connectivity index (χ0v) is 12.6. The topological polar surface area (TPSA) is 57.6 Å². The van der Waals surface area contributed by atoms with Crippen molar-refractivity contribution in [2.45, 2.75) is 30.2 Å². The Bertz CT molecular complexity index is 564. The second-order valence-corrected chi connectivity index (χ2v) is 7.30. The van der Waals surface area contributed by atoms with Crippen LogP contribution in [0.25, 0.3) is 0 Å². The summed E-state index contributed by atoms with van der Waals surface area (Å²) in [6, 6.07) is 3.41. The lowest BCUT2D eigenvalue weighted by Crippen LogP contribution is -2.45. The molecule has 4 nitrogen and oxygen atoms in total. The van der Waals surface area contributed by atoms with Gasteiger partial charge in [-0.1, -0.05) is 22.4 Å². The maximum atomic E-state index is 13.8. The van der Waals surface area contributed by atoms with Gasteiger partial charge in [-0.05, 0) is 31.0 Å². The van der Waals surface area contributed by atoms with E-state index < -0.39 is 21.9 Å². The third-order valence-corrected chi connectivity index (χ3v) is 5.74. The first kappa shape index (κ1) is 14.9. The molecular formula is C12H15BrFNO3S. The first-order valence-electron chi connectivity index (χ1n) is 6.04. The molecule has 1 saturated heterocycles. The van der Waals surface area contributed by atoms with E-state index in [-0.39, 0.29) is 11.5 Å². The van der Waals surface area contributed by atoms with Crippen LogP contribution in [0, 0.1) is 5.82 Å². The molecular weight excluding hydrogens is 337 g/mol. The number of rotatable bonds is 3. The molecule has 0 saturated carbocycles. The molecule has 1 aromatic carbocycles. The van der Waals surface area contributed by atoms with Crippen molar-refractivity contribution in [1.82, 2.24) is 4.31 Å². The highest BCUT2D eigenvalue weighted by molar-refractivity contribution is 9.10. The third-order valence-electron chi connectivity index (χ3n) is 3.26. The molecule has 0 amide bonds. The summed E-state index contributed by atoms with van der Waals surface area (Å²) < 4.78 is 40.4. The Morgan fingerprint density at radius 2 is 2.16 bits per heavy atom. The van der Waals surface area contributed by atoms with E-state index in [1.54, 1.807) is 0 Å². The van der Waals surface area contributed by atoms with Crippen LogP contribution in [0.1, 0.15) is 19.3 Å². The minimum Gasteiger partial charge on any atom is -0.395 e. The van der Waals surface area contributed by atoms with Crippen LogP contribution in [0.3, 0.4) is 0 Å². The molecule has 0 spiro atoms.